The van der Waals surface area contributed by atoms with E-state index in [-0.39, 0.29) is 10.8 Å². The van der Waals surface area contributed by atoms with Crippen molar-refractivity contribution < 1.29 is 17.9 Å². The average molecular weight is 369 g/mol. The maximum absolute atomic E-state index is 12.4. The Morgan fingerprint density at radius 2 is 2.00 bits per heavy atom. The lowest BCUT2D eigenvalue weighted by atomic mass is 10.2. The fraction of sp³-hybridized carbons (Fsp3) is 0.588. The molecule has 1 heterocycles. The molecule has 0 bridgehead atoms. The number of sulfonamides is 1. The highest BCUT2D eigenvalue weighted by atomic mass is 32.2. The lowest BCUT2D eigenvalue weighted by Gasteiger charge is -2.26. The van der Waals surface area contributed by atoms with Gasteiger partial charge in [0, 0.05) is 38.3 Å². The van der Waals surface area contributed by atoms with Gasteiger partial charge in [0.15, 0.2) is 0 Å². The summed E-state index contributed by atoms with van der Waals surface area (Å²) in [6, 6.07) is 6.10. The van der Waals surface area contributed by atoms with Crippen LogP contribution >= 0.6 is 0 Å². The number of carbonyl (C=O) groups excluding carboxylic acids is 1. The van der Waals surface area contributed by atoms with Crippen molar-refractivity contribution in [2.45, 2.75) is 18.7 Å². The summed E-state index contributed by atoms with van der Waals surface area (Å²) < 4.78 is 32.7. The fourth-order valence-corrected chi connectivity index (χ4v) is 3.52. The van der Waals surface area contributed by atoms with Gasteiger partial charge < -0.3 is 10.1 Å². The van der Waals surface area contributed by atoms with Crippen LogP contribution in [-0.2, 0) is 14.8 Å². The van der Waals surface area contributed by atoms with Gasteiger partial charge in [-0.15, -0.1) is 0 Å². The number of benzene rings is 1. The quantitative estimate of drug-likeness (QED) is 0.704. The molecule has 25 heavy (non-hydrogen) atoms. The third-order valence-corrected chi connectivity index (χ3v) is 5.36. The first-order valence-corrected chi connectivity index (χ1v) is 10.0. The van der Waals surface area contributed by atoms with E-state index in [9.17, 15) is 13.2 Å². The first kappa shape index (κ1) is 19.8. The van der Waals surface area contributed by atoms with Gasteiger partial charge in [-0.1, -0.05) is 19.9 Å². The van der Waals surface area contributed by atoms with E-state index in [1.807, 2.05) is 13.8 Å². The number of amides is 1. The van der Waals surface area contributed by atoms with Gasteiger partial charge in [-0.2, -0.15) is 0 Å². The average Bonchev–Trinajstić information content (AvgIpc) is 2.60. The molecule has 0 aromatic heterocycles. The summed E-state index contributed by atoms with van der Waals surface area (Å²) >= 11 is 0. The highest BCUT2D eigenvalue weighted by molar-refractivity contribution is 7.89. The molecule has 0 spiro atoms. The Kier molecular flexibility index (Phi) is 7.37. The van der Waals surface area contributed by atoms with Gasteiger partial charge in [0.2, 0.25) is 10.0 Å². The second kappa shape index (κ2) is 9.28. The van der Waals surface area contributed by atoms with Crippen LogP contribution in [0.15, 0.2) is 29.2 Å². The Hall–Kier alpha value is -1.48. The lowest BCUT2D eigenvalue weighted by molar-refractivity contribution is 0.0390. The number of nitrogens with zero attached hydrogens (tertiary/aromatic N) is 1. The second-order valence-electron chi connectivity index (χ2n) is 6.48. The van der Waals surface area contributed by atoms with Crippen molar-refractivity contribution in [3.63, 3.8) is 0 Å². The van der Waals surface area contributed by atoms with Crippen LogP contribution in [0.2, 0.25) is 0 Å². The van der Waals surface area contributed by atoms with Crippen LogP contribution in [0.25, 0.3) is 0 Å². The Morgan fingerprint density at radius 3 is 2.68 bits per heavy atom. The van der Waals surface area contributed by atoms with E-state index in [0.29, 0.717) is 44.3 Å². The molecule has 1 amide bonds. The highest BCUT2D eigenvalue weighted by Crippen LogP contribution is 2.11. The van der Waals surface area contributed by atoms with E-state index in [1.54, 1.807) is 12.1 Å². The maximum Gasteiger partial charge on any atom is 0.251 e. The van der Waals surface area contributed by atoms with Crippen molar-refractivity contribution in [2.24, 2.45) is 5.92 Å². The number of nitrogens with one attached hydrogen (secondary N) is 2. The van der Waals surface area contributed by atoms with Crippen molar-refractivity contribution in [3.8, 4) is 0 Å². The fourth-order valence-electron chi connectivity index (χ4n) is 2.45. The van der Waals surface area contributed by atoms with E-state index >= 15 is 0 Å². The first-order chi connectivity index (χ1) is 11.9. The van der Waals surface area contributed by atoms with Crippen molar-refractivity contribution in [3.05, 3.63) is 29.8 Å². The molecule has 0 radical (unpaired) electrons. The molecule has 0 saturated carbocycles. The van der Waals surface area contributed by atoms with Gasteiger partial charge in [0.1, 0.15) is 0 Å². The molecule has 8 heteroatoms. The zero-order chi connectivity index (χ0) is 18.3. The van der Waals surface area contributed by atoms with Gasteiger partial charge in [-0.3, -0.25) is 9.69 Å². The minimum atomic E-state index is -3.64. The zero-order valence-corrected chi connectivity index (χ0v) is 15.6. The SMILES string of the molecule is CC(C)CNC(=O)c1cccc(S(=O)(=O)NCCN2CCOCC2)c1. The Morgan fingerprint density at radius 1 is 1.28 bits per heavy atom. The van der Waals surface area contributed by atoms with Crippen LogP contribution in [0.3, 0.4) is 0 Å². The number of hydrogen-bond donors (Lipinski definition) is 2. The maximum atomic E-state index is 12.4. The predicted octanol–water partition coefficient (Wildman–Crippen LogP) is 0.683. The summed E-state index contributed by atoms with van der Waals surface area (Å²) in [5.41, 5.74) is 0.344. The van der Waals surface area contributed by atoms with Crippen LogP contribution in [0, 0.1) is 5.92 Å². The molecule has 2 rings (SSSR count). The number of ether oxygens (including phenoxy) is 1. The van der Waals surface area contributed by atoms with Gasteiger partial charge >= 0.3 is 0 Å². The molecule has 1 fully saturated rings. The van der Waals surface area contributed by atoms with E-state index in [0.717, 1.165) is 13.1 Å². The summed E-state index contributed by atoms with van der Waals surface area (Å²) in [5.74, 6) is 0.0665. The summed E-state index contributed by atoms with van der Waals surface area (Å²) in [7, 11) is -3.64. The number of carbonyl (C=O) groups is 1. The van der Waals surface area contributed by atoms with Gasteiger partial charge in [0.05, 0.1) is 18.1 Å². The molecule has 1 aromatic rings. The third kappa shape index (κ3) is 6.39. The van der Waals surface area contributed by atoms with E-state index in [4.69, 9.17) is 4.74 Å². The standard InChI is InChI=1S/C17H27N3O4S/c1-14(2)13-18-17(21)15-4-3-5-16(12-15)25(22,23)19-6-7-20-8-10-24-11-9-20/h3-5,12,14,19H,6-11,13H2,1-2H3,(H,18,21). The molecule has 0 atom stereocenters. The largest absolute Gasteiger partial charge is 0.379 e. The van der Waals surface area contributed by atoms with Crippen molar-refractivity contribution in [1.82, 2.24) is 14.9 Å². The van der Waals surface area contributed by atoms with Crippen LogP contribution in [0.5, 0.6) is 0 Å². The number of rotatable bonds is 8. The van der Waals surface area contributed by atoms with E-state index < -0.39 is 10.0 Å². The molecule has 1 saturated heterocycles. The van der Waals surface area contributed by atoms with Crippen molar-refractivity contribution in [1.29, 1.82) is 0 Å². The zero-order valence-electron chi connectivity index (χ0n) is 14.8. The molecule has 140 valence electrons. The molecular weight excluding hydrogens is 342 g/mol. The number of hydrogen-bond acceptors (Lipinski definition) is 5. The molecule has 2 N–H and O–H groups in total. The van der Waals surface area contributed by atoms with Crippen LogP contribution in [-0.4, -0.2) is 65.2 Å². The monoisotopic (exact) mass is 369 g/mol. The Bertz CT molecular complexity index is 670. The Labute approximate surface area is 149 Å². The lowest BCUT2D eigenvalue weighted by Crippen LogP contribution is -2.41. The molecule has 0 unspecified atom stereocenters. The summed E-state index contributed by atoms with van der Waals surface area (Å²) in [6.07, 6.45) is 0. The van der Waals surface area contributed by atoms with Crippen LogP contribution in [0.1, 0.15) is 24.2 Å². The summed E-state index contributed by atoms with van der Waals surface area (Å²) in [4.78, 5) is 14.4. The van der Waals surface area contributed by atoms with E-state index in [1.165, 1.54) is 12.1 Å². The van der Waals surface area contributed by atoms with Gasteiger partial charge in [-0.05, 0) is 24.1 Å². The first-order valence-electron chi connectivity index (χ1n) is 8.56. The molecule has 1 aromatic carbocycles. The van der Waals surface area contributed by atoms with Crippen LogP contribution < -0.4 is 10.0 Å². The van der Waals surface area contributed by atoms with Crippen molar-refractivity contribution in [2.75, 3.05) is 45.9 Å². The minimum Gasteiger partial charge on any atom is -0.379 e. The summed E-state index contributed by atoms with van der Waals surface area (Å²) in [6.45, 7) is 8.50. The third-order valence-electron chi connectivity index (χ3n) is 3.90. The second-order valence-corrected chi connectivity index (χ2v) is 8.25. The smallest absolute Gasteiger partial charge is 0.251 e. The van der Waals surface area contributed by atoms with Gasteiger partial charge in [0.25, 0.3) is 5.91 Å². The van der Waals surface area contributed by atoms with Crippen LogP contribution in [0.4, 0.5) is 0 Å². The van der Waals surface area contributed by atoms with Gasteiger partial charge in [-0.25, -0.2) is 13.1 Å². The molecule has 0 aliphatic carbocycles. The predicted molar refractivity (Wildman–Crippen MR) is 96.1 cm³/mol. The molecular formula is C17H27N3O4S. The number of morpholine rings is 1. The van der Waals surface area contributed by atoms with E-state index in [2.05, 4.69) is 14.9 Å². The molecule has 1 aliphatic heterocycles. The highest BCUT2D eigenvalue weighted by Gasteiger charge is 2.17. The summed E-state index contributed by atoms with van der Waals surface area (Å²) in [5, 5.41) is 2.79. The normalized spacial score (nSPS) is 16.1. The van der Waals surface area contributed by atoms with Crippen molar-refractivity contribution >= 4 is 15.9 Å². The Balaban J connectivity index is 1.94. The molecule has 7 nitrogen and oxygen atoms in total. The molecule has 1 aliphatic rings. The topological polar surface area (TPSA) is 87.7 Å². The minimum absolute atomic E-state index is 0.103.